The molecular formula is C13H22O4. The maximum absolute atomic E-state index is 10.3. The predicted octanol–water partition coefficient (Wildman–Crippen LogP) is 1.83. The Hall–Kier alpha value is -0.870. The molecule has 0 bridgehead atoms. The van der Waals surface area contributed by atoms with E-state index in [2.05, 4.69) is 12.2 Å². The average molecular weight is 242 g/mol. The van der Waals surface area contributed by atoms with Crippen LogP contribution in [0, 0.1) is 11.8 Å². The number of aliphatic hydroxyl groups is 1. The third kappa shape index (κ3) is 5.84. The smallest absolute Gasteiger partial charge is 0.303 e. The summed E-state index contributed by atoms with van der Waals surface area (Å²) in [5, 5.41) is 17.4. The molecule has 1 fully saturated rings. The number of hydrogen-bond donors (Lipinski definition) is 2. The van der Waals surface area contributed by atoms with Crippen LogP contribution >= 0.6 is 0 Å². The molecule has 17 heavy (non-hydrogen) atoms. The van der Waals surface area contributed by atoms with Crippen LogP contribution < -0.4 is 0 Å². The highest BCUT2D eigenvalue weighted by Gasteiger charge is 2.26. The fraction of sp³-hybridized carbons (Fsp3) is 0.769. The number of rotatable bonds is 8. The minimum absolute atomic E-state index is 0.229. The van der Waals surface area contributed by atoms with Crippen molar-refractivity contribution in [3.05, 3.63) is 12.2 Å². The standard InChI is InChI=1S/C13H22O4/c14-8-7-12-10-17-9-11(12)5-3-1-2-4-6-13(15)16/h1,3,11-12,14H,2,4-10H2,(H,15,16)/t11-,12+/m1/s1. The zero-order valence-corrected chi connectivity index (χ0v) is 10.2. The molecule has 0 radical (unpaired) electrons. The molecule has 0 spiro atoms. The molecule has 0 amide bonds. The van der Waals surface area contributed by atoms with Crippen molar-refractivity contribution in [3.8, 4) is 0 Å². The van der Waals surface area contributed by atoms with Crippen LogP contribution in [-0.4, -0.2) is 36.0 Å². The van der Waals surface area contributed by atoms with Crippen LogP contribution in [0.5, 0.6) is 0 Å². The van der Waals surface area contributed by atoms with Gasteiger partial charge < -0.3 is 14.9 Å². The molecule has 0 aromatic carbocycles. The number of hydrogen-bond acceptors (Lipinski definition) is 3. The monoisotopic (exact) mass is 242 g/mol. The fourth-order valence-electron chi connectivity index (χ4n) is 2.15. The molecular weight excluding hydrogens is 220 g/mol. The molecule has 0 aromatic heterocycles. The molecule has 4 nitrogen and oxygen atoms in total. The predicted molar refractivity (Wildman–Crippen MR) is 64.7 cm³/mol. The number of allylic oxidation sites excluding steroid dienone is 2. The minimum Gasteiger partial charge on any atom is -0.481 e. The fourth-order valence-corrected chi connectivity index (χ4v) is 2.15. The Balaban J connectivity index is 2.12. The molecule has 1 aliphatic heterocycles. The molecule has 1 saturated heterocycles. The van der Waals surface area contributed by atoms with E-state index in [9.17, 15) is 4.79 Å². The first-order valence-corrected chi connectivity index (χ1v) is 6.29. The third-order valence-electron chi connectivity index (χ3n) is 3.20. The highest BCUT2D eigenvalue weighted by Crippen LogP contribution is 2.26. The van der Waals surface area contributed by atoms with Crippen LogP contribution in [-0.2, 0) is 9.53 Å². The summed E-state index contributed by atoms with van der Waals surface area (Å²) in [5.41, 5.74) is 0. The van der Waals surface area contributed by atoms with Gasteiger partial charge in [-0.3, -0.25) is 4.79 Å². The van der Waals surface area contributed by atoms with Crippen molar-refractivity contribution < 1.29 is 19.7 Å². The van der Waals surface area contributed by atoms with Gasteiger partial charge in [0.1, 0.15) is 0 Å². The number of aliphatic hydroxyl groups excluding tert-OH is 1. The molecule has 2 N–H and O–H groups in total. The lowest BCUT2D eigenvalue weighted by Gasteiger charge is -2.13. The Bertz CT molecular complexity index is 250. The summed E-state index contributed by atoms with van der Waals surface area (Å²) in [6.45, 7) is 1.77. The van der Waals surface area contributed by atoms with E-state index < -0.39 is 5.97 Å². The highest BCUT2D eigenvalue weighted by atomic mass is 16.5. The zero-order chi connectivity index (χ0) is 12.5. The van der Waals surface area contributed by atoms with Crippen molar-refractivity contribution in [1.29, 1.82) is 0 Å². The van der Waals surface area contributed by atoms with E-state index in [1.807, 2.05) is 0 Å². The average Bonchev–Trinajstić information content (AvgIpc) is 2.71. The van der Waals surface area contributed by atoms with Gasteiger partial charge in [0.05, 0.1) is 6.61 Å². The second kappa shape index (κ2) is 8.25. The Morgan fingerprint density at radius 2 is 2.06 bits per heavy atom. The number of carbonyl (C=O) groups is 1. The molecule has 0 saturated carbocycles. The van der Waals surface area contributed by atoms with Gasteiger partial charge in [-0.15, -0.1) is 0 Å². The van der Waals surface area contributed by atoms with Crippen LogP contribution in [0.4, 0.5) is 0 Å². The van der Waals surface area contributed by atoms with Crippen LogP contribution in [0.2, 0.25) is 0 Å². The summed E-state index contributed by atoms with van der Waals surface area (Å²) in [5.74, 6) is 0.257. The number of aliphatic carboxylic acids is 1. The van der Waals surface area contributed by atoms with Crippen molar-refractivity contribution >= 4 is 5.97 Å². The van der Waals surface area contributed by atoms with Gasteiger partial charge in [0.15, 0.2) is 0 Å². The Labute approximate surface area is 102 Å². The molecule has 0 unspecified atom stereocenters. The van der Waals surface area contributed by atoms with E-state index in [1.165, 1.54) is 0 Å². The van der Waals surface area contributed by atoms with Crippen molar-refractivity contribution in [2.75, 3.05) is 19.8 Å². The second-order valence-corrected chi connectivity index (χ2v) is 4.56. The summed E-state index contributed by atoms with van der Waals surface area (Å²) >= 11 is 0. The lowest BCUT2D eigenvalue weighted by atomic mass is 9.90. The van der Waals surface area contributed by atoms with Gasteiger partial charge in [0, 0.05) is 19.6 Å². The van der Waals surface area contributed by atoms with Crippen molar-refractivity contribution in [2.45, 2.75) is 32.1 Å². The molecule has 1 heterocycles. The van der Waals surface area contributed by atoms with Gasteiger partial charge in [-0.25, -0.2) is 0 Å². The van der Waals surface area contributed by atoms with E-state index in [1.54, 1.807) is 0 Å². The number of carboxylic acid groups (broad SMARTS) is 1. The first-order valence-electron chi connectivity index (χ1n) is 6.29. The second-order valence-electron chi connectivity index (χ2n) is 4.56. The van der Waals surface area contributed by atoms with Gasteiger partial charge in [0.25, 0.3) is 0 Å². The maximum Gasteiger partial charge on any atom is 0.303 e. The first-order chi connectivity index (χ1) is 8.24. The summed E-state index contributed by atoms with van der Waals surface area (Å²) in [6.07, 6.45) is 7.72. The first kappa shape index (κ1) is 14.2. The van der Waals surface area contributed by atoms with Crippen LogP contribution in [0.25, 0.3) is 0 Å². The molecule has 2 atom stereocenters. The lowest BCUT2D eigenvalue weighted by molar-refractivity contribution is -0.137. The summed E-state index contributed by atoms with van der Waals surface area (Å²) in [4.78, 5) is 10.3. The van der Waals surface area contributed by atoms with E-state index in [0.29, 0.717) is 18.3 Å². The lowest BCUT2D eigenvalue weighted by Crippen LogP contribution is -2.13. The molecule has 1 aliphatic rings. The third-order valence-corrected chi connectivity index (χ3v) is 3.20. The zero-order valence-electron chi connectivity index (χ0n) is 10.2. The van der Waals surface area contributed by atoms with E-state index >= 15 is 0 Å². The van der Waals surface area contributed by atoms with Gasteiger partial charge in [0.2, 0.25) is 0 Å². The Morgan fingerprint density at radius 3 is 2.76 bits per heavy atom. The van der Waals surface area contributed by atoms with E-state index in [4.69, 9.17) is 14.9 Å². The normalized spacial score (nSPS) is 24.5. The minimum atomic E-state index is -0.731. The van der Waals surface area contributed by atoms with Crippen molar-refractivity contribution in [2.24, 2.45) is 11.8 Å². The number of unbranched alkanes of at least 4 members (excludes halogenated alkanes) is 1. The van der Waals surface area contributed by atoms with Gasteiger partial charge in [-0.05, 0) is 37.5 Å². The van der Waals surface area contributed by atoms with Crippen molar-refractivity contribution in [3.63, 3.8) is 0 Å². The Morgan fingerprint density at radius 1 is 1.29 bits per heavy atom. The number of carboxylic acids is 1. The van der Waals surface area contributed by atoms with Crippen LogP contribution in [0.15, 0.2) is 12.2 Å². The van der Waals surface area contributed by atoms with Crippen LogP contribution in [0.3, 0.4) is 0 Å². The summed E-state index contributed by atoms with van der Waals surface area (Å²) in [7, 11) is 0. The SMILES string of the molecule is O=C(O)CCCC=CC[C@@H]1COC[C@@H]1CCO. The van der Waals surface area contributed by atoms with Crippen LogP contribution in [0.1, 0.15) is 32.1 Å². The Kier molecular flexibility index (Phi) is 6.89. The molecule has 1 rings (SSSR count). The molecule has 98 valence electrons. The quantitative estimate of drug-likeness (QED) is 0.503. The van der Waals surface area contributed by atoms with E-state index in [0.717, 1.165) is 32.5 Å². The topological polar surface area (TPSA) is 66.8 Å². The molecule has 0 aromatic rings. The largest absolute Gasteiger partial charge is 0.481 e. The summed E-state index contributed by atoms with van der Waals surface area (Å²) in [6, 6.07) is 0. The molecule has 0 aliphatic carbocycles. The highest BCUT2D eigenvalue weighted by molar-refractivity contribution is 5.66. The van der Waals surface area contributed by atoms with Crippen molar-refractivity contribution in [1.82, 2.24) is 0 Å². The van der Waals surface area contributed by atoms with Gasteiger partial charge >= 0.3 is 5.97 Å². The maximum atomic E-state index is 10.3. The van der Waals surface area contributed by atoms with Gasteiger partial charge in [-0.2, -0.15) is 0 Å². The molecule has 4 heteroatoms. The summed E-state index contributed by atoms with van der Waals surface area (Å²) < 4.78 is 5.41. The number of ether oxygens (including phenoxy) is 1. The van der Waals surface area contributed by atoms with Gasteiger partial charge in [-0.1, -0.05) is 12.2 Å². The van der Waals surface area contributed by atoms with E-state index in [-0.39, 0.29) is 13.0 Å².